The van der Waals surface area contributed by atoms with Crippen molar-refractivity contribution in [2.75, 3.05) is 4.90 Å². The highest BCUT2D eigenvalue weighted by atomic mass is 35.5. The van der Waals surface area contributed by atoms with Crippen LogP contribution in [0.4, 0.5) is 5.69 Å². The average molecular weight is 424 g/mol. The first-order chi connectivity index (χ1) is 14.0. The fourth-order valence-corrected chi connectivity index (χ4v) is 3.66. The Hall–Kier alpha value is -3.08. The van der Waals surface area contributed by atoms with E-state index in [4.69, 9.17) is 23.2 Å². The second-order valence-electron chi connectivity index (χ2n) is 6.56. The molecule has 4 nitrogen and oxygen atoms in total. The van der Waals surface area contributed by atoms with Gasteiger partial charge in [0.1, 0.15) is 0 Å². The lowest BCUT2D eigenvalue weighted by atomic mass is 9.92. The lowest BCUT2D eigenvalue weighted by Crippen LogP contribution is -2.31. The number of aliphatic hydroxyl groups excluding tert-OH is 1. The normalized spacial score (nSPS) is 16.4. The number of carbonyl (C=O) groups excluding carboxylic acids is 2. The first-order valence-electron chi connectivity index (χ1n) is 8.85. The van der Waals surface area contributed by atoms with Crippen molar-refractivity contribution in [1.29, 1.82) is 0 Å². The number of hydrogen-bond acceptors (Lipinski definition) is 3. The number of benzene rings is 3. The number of para-hydroxylation sites is 1. The Morgan fingerprint density at radius 2 is 1.38 bits per heavy atom. The van der Waals surface area contributed by atoms with E-state index < -0.39 is 23.5 Å². The number of ketones is 1. The molecule has 29 heavy (non-hydrogen) atoms. The van der Waals surface area contributed by atoms with Crippen LogP contribution < -0.4 is 4.90 Å². The largest absolute Gasteiger partial charge is 0.503 e. The molecule has 1 aliphatic rings. The van der Waals surface area contributed by atoms with Crippen molar-refractivity contribution in [2.45, 2.75) is 6.04 Å². The zero-order valence-electron chi connectivity index (χ0n) is 15.0. The zero-order chi connectivity index (χ0) is 20.5. The summed E-state index contributed by atoms with van der Waals surface area (Å²) in [4.78, 5) is 27.7. The number of anilines is 1. The van der Waals surface area contributed by atoms with Crippen molar-refractivity contribution >= 4 is 40.6 Å². The first kappa shape index (κ1) is 19.2. The smallest absolute Gasteiger partial charge is 0.294 e. The molecule has 1 atom stereocenters. The van der Waals surface area contributed by atoms with Crippen molar-refractivity contribution < 1.29 is 14.7 Å². The van der Waals surface area contributed by atoms with Gasteiger partial charge < -0.3 is 5.11 Å². The molecule has 144 valence electrons. The molecule has 0 saturated carbocycles. The summed E-state index contributed by atoms with van der Waals surface area (Å²) in [6.45, 7) is 0. The van der Waals surface area contributed by atoms with Crippen molar-refractivity contribution in [1.82, 2.24) is 0 Å². The molecule has 0 fully saturated rings. The quantitative estimate of drug-likeness (QED) is 0.541. The molecule has 0 spiro atoms. The molecule has 0 radical (unpaired) electrons. The maximum atomic E-state index is 13.3. The van der Waals surface area contributed by atoms with Gasteiger partial charge >= 0.3 is 0 Å². The highest BCUT2D eigenvalue weighted by Gasteiger charge is 2.44. The summed E-state index contributed by atoms with van der Waals surface area (Å²) in [5.74, 6) is -1.63. The van der Waals surface area contributed by atoms with Crippen LogP contribution >= 0.6 is 23.2 Å². The Kier molecular flexibility index (Phi) is 5.14. The van der Waals surface area contributed by atoms with Gasteiger partial charge in [-0.2, -0.15) is 0 Å². The molecular weight excluding hydrogens is 409 g/mol. The maximum absolute atomic E-state index is 13.3. The fourth-order valence-electron chi connectivity index (χ4n) is 3.41. The summed E-state index contributed by atoms with van der Waals surface area (Å²) in [6, 6.07) is 21.3. The van der Waals surface area contributed by atoms with Gasteiger partial charge in [-0.3, -0.25) is 14.5 Å². The molecule has 1 N–H and O–H groups in total. The summed E-state index contributed by atoms with van der Waals surface area (Å²) in [5.41, 5.74) is 1.58. The Morgan fingerprint density at radius 1 is 0.828 bits per heavy atom. The number of Topliss-reactive ketones (excluding diaryl/α,β-unsaturated/α-hetero) is 1. The lowest BCUT2D eigenvalue weighted by molar-refractivity contribution is -0.117. The van der Waals surface area contributed by atoms with E-state index in [1.807, 2.05) is 6.07 Å². The molecule has 1 heterocycles. The van der Waals surface area contributed by atoms with Crippen LogP contribution in [-0.2, 0) is 4.79 Å². The zero-order valence-corrected chi connectivity index (χ0v) is 16.6. The number of aliphatic hydroxyl groups is 1. The summed E-state index contributed by atoms with van der Waals surface area (Å²) >= 11 is 11.9. The Balaban J connectivity index is 1.87. The topological polar surface area (TPSA) is 57.6 Å². The number of halogens is 2. The van der Waals surface area contributed by atoms with Gasteiger partial charge in [0.25, 0.3) is 5.91 Å². The minimum atomic E-state index is -0.787. The van der Waals surface area contributed by atoms with Crippen LogP contribution in [0.3, 0.4) is 0 Å². The maximum Gasteiger partial charge on any atom is 0.294 e. The molecule has 0 saturated heterocycles. The molecule has 1 amide bonds. The average Bonchev–Trinajstić information content (AvgIpc) is 3.00. The highest BCUT2D eigenvalue weighted by Crippen LogP contribution is 2.42. The van der Waals surface area contributed by atoms with E-state index in [2.05, 4.69) is 0 Å². The second-order valence-corrected chi connectivity index (χ2v) is 7.44. The van der Waals surface area contributed by atoms with Crippen LogP contribution in [0.2, 0.25) is 10.0 Å². The van der Waals surface area contributed by atoms with E-state index in [1.54, 1.807) is 72.8 Å². The van der Waals surface area contributed by atoms with Gasteiger partial charge in [-0.25, -0.2) is 0 Å². The molecule has 6 heteroatoms. The van der Waals surface area contributed by atoms with E-state index in [1.165, 1.54) is 4.90 Å². The number of rotatable bonds is 4. The van der Waals surface area contributed by atoms with Crippen LogP contribution in [0.1, 0.15) is 22.0 Å². The number of carbonyl (C=O) groups is 2. The lowest BCUT2D eigenvalue weighted by Gasteiger charge is -2.27. The van der Waals surface area contributed by atoms with E-state index in [9.17, 15) is 14.7 Å². The van der Waals surface area contributed by atoms with Crippen LogP contribution in [0.25, 0.3) is 0 Å². The van der Waals surface area contributed by atoms with Gasteiger partial charge in [0.15, 0.2) is 11.5 Å². The summed E-state index contributed by atoms with van der Waals surface area (Å²) in [7, 11) is 0. The SMILES string of the molecule is O=C(C1=C(O)C(=O)N(c2ccccc2)C1c1ccc(Cl)cc1)c1ccc(Cl)cc1. The third-order valence-corrected chi connectivity index (χ3v) is 5.28. The monoisotopic (exact) mass is 423 g/mol. The van der Waals surface area contributed by atoms with E-state index in [-0.39, 0.29) is 5.57 Å². The highest BCUT2D eigenvalue weighted by molar-refractivity contribution is 6.31. The summed E-state index contributed by atoms with van der Waals surface area (Å²) in [6.07, 6.45) is 0. The Morgan fingerprint density at radius 3 is 1.97 bits per heavy atom. The van der Waals surface area contributed by atoms with Crippen molar-refractivity contribution in [3.8, 4) is 0 Å². The first-order valence-corrected chi connectivity index (χ1v) is 9.60. The van der Waals surface area contributed by atoms with Crippen LogP contribution in [-0.4, -0.2) is 16.8 Å². The third-order valence-electron chi connectivity index (χ3n) is 4.78. The van der Waals surface area contributed by atoms with Crippen molar-refractivity contribution in [3.05, 3.63) is 111 Å². The molecule has 0 aliphatic carbocycles. The second kappa shape index (κ2) is 7.74. The molecule has 0 aromatic heterocycles. The molecule has 1 unspecified atom stereocenters. The van der Waals surface area contributed by atoms with E-state index in [0.29, 0.717) is 26.9 Å². The minimum Gasteiger partial charge on any atom is -0.503 e. The van der Waals surface area contributed by atoms with Gasteiger partial charge in [-0.1, -0.05) is 53.5 Å². The predicted octanol–water partition coefficient (Wildman–Crippen LogP) is 5.78. The number of amides is 1. The van der Waals surface area contributed by atoms with Crippen molar-refractivity contribution in [2.24, 2.45) is 0 Å². The molecule has 0 bridgehead atoms. The van der Waals surface area contributed by atoms with Gasteiger partial charge in [0, 0.05) is 21.3 Å². The van der Waals surface area contributed by atoms with Crippen LogP contribution in [0, 0.1) is 0 Å². The molecule has 3 aromatic carbocycles. The van der Waals surface area contributed by atoms with Gasteiger partial charge in [-0.15, -0.1) is 0 Å². The van der Waals surface area contributed by atoms with Gasteiger partial charge in [0.05, 0.1) is 11.6 Å². The Labute approximate surface area is 177 Å². The molecular formula is C23H15Cl2NO3. The van der Waals surface area contributed by atoms with Crippen LogP contribution in [0.15, 0.2) is 90.2 Å². The summed E-state index contributed by atoms with van der Waals surface area (Å²) in [5, 5.41) is 11.7. The van der Waals surface area contributed by atoms with Gasteiger partial charge in [0.2, 0.25) is 0 Å². The van der Waals surface area contributed by atoms with E-state index in [0.717, 1.165) is 0 Å². The van der Waals surface area contributed by atoms with Crippen LogP contribution in [0.5, 0.6) is 0 Å². The fraction of sp³-hybridized carbons (Fsp3) is 0.0435. The molecule has 3 aromatic rings. The molecule has 1 aliphatic heterocycles. The van der Waals surface area contributed by atoms with E-state index >= 15 is 0 Å². The number of hydrogen-bond donors (Lipinski definition) is 1. The Bertz CT molecular complexity index is 1110. The standard InChI is InChI=1S/C23H15Cl2NO3/c24-16-10-6-14(7-11-16)20-19(21(27)15-8-12-17(25)13-9-15)22(28)23(29)26(20)18-4-2-1-3-5-18/h1-13,20,28H. The third kappa shape index (κ3) is 3.53. The van der Waals surface area contributed by atoms with Gasteiger partial charge in [-0.05, 0) is 54.1 Å². The summed E-state index contributed by atoms with van der Waals surface area (Å²) < 4.78 is 0. The minimum absolute atomic E-state index is 0.0171. The number of nitrogens with zero attached hydrogens (tertiary/aromatic N) is 1. The molecule has 4 rings (SSSR count). The van der Waals surface area contributed by atoms with Crippen molar-refractivity contribution in [3.63, 3.8) is 0 Å². The predicted molar refractivity (Wildman–Crippen MR) is 114 cm³/mol.